The Morgan fingerprint density at radius 1 is 1.50 bits per heavy atom. The first-order valence-electron chi connectivity index (χ1n) is 5.41. The zero-order valence-electron chi connectivity index (χ0n) is 9.92. The van der Waals surface area contributed by atoms with Gasteiger partial charge in [-0.3, -0.25) is 4.79 Å². The van der Waals surface area contributed by atoms with Crippen molar-refractivity contribution in [2.75, 3.05) is 7.11 Å². The summed E-state index contributed by atoms with van der Waals surface area (Å²) in [6, 6.07) is 5.94. The summed E-state index contributed by atoms with van der Waals surface area (Å²) in [5.74, 6) is 0.134. The number of hydrogen-bond acceptors (Lipinski definition) is 2. The van der Waals surface area contributed by atoms with E-state index >= 15 is 0 Å². The van der Waals surface area contributed by atoms with E-state index in [4.69, 9.17) is 4.74 Å². The van der Waals surface area contributed by atoms with Gasteiger partial charge in [0, 0.05) is 23.6 Å². The van der Waals surface area contributed by atoms with Crippen molar-refractivity contribution >= 4 is 21.7 Å². The van der Waals surface area contributed by atoms with Gasteiger partial charge in [0.25, 0.3) is 0 Å². The van der Waals surface area contributed by atoms with Crippen LogP contribution in [0.25, 0.3) is 0 Å². The molecule has 1 aromatic rings. The monoisotopic (exact) mass is 284 g/mol. The molecule has 1 unspecified atom stereocenters. The molecule has 0 aliphatic rings. The number of methoxy groups -OCH3 is 1. The molecule has 0 amide bonds. The third kappa shape index (κ3) is 3.16. The molecule has 0 saturated carbocycles. The lowest BCUT2D eigenvalue weighted by Gasteiger charge is -2.16. The number of ketones is 1. The Morgan fingerprint density at radius 2 is 2.19 bits per heavy atom. The lowest BCUT2D eigenvalue weighted by molar-refractivity contribution is -0.129. The highest BCUT2D eigenvalue weighted by Gasteiger charge is 2.21. The molecule has 0 fully saturated rings. The van der Waals surface area contributed by atoms with Crippen molar-refractivity contribution < 1.29 is 9.53 Å². The van der Waals surface area contributed by atoms with Gasteiger partial charge in [-0.15, -0.1) is 0 Å². The van der Waals surface area contributed by atoms with E-state index in [9.17, 15) is 4.79 Å². The van der Waals surface area contributed by atoms with Crippen LogP contribution in [-0.2, 0) is 9.53 Å². The van der Waals surface area contributed by atoms with Gasteiger partial charge in [0.05, 0.1) is 0 Å². The van der Waals surface area contributed by atoms with Gasteiger partial charge in [0.15, 0.2) is 5.78 Å². The molecule has 0 aliphatic carbocycles. The molecule has 3 heteroatoms. The average Bonchev–Trinajstić information content (AvgIpc) is 2.22. The van der Waals surface area contributed by atoms with Crippen LogP contribution in [0.2, 0.25) is 0 Å². The van der Waals surface area contributed by atoms with Crippen molar-refractivity contribution in [2.24, 2.45) is 0 Å². The first-order valence-corrected chi connectivity index (χ1v) is 6.21. The minimum absolute atomic E-state index is 0.134. The first-order chi connectivity index (χ1) is 7.60. The lowest BCUT2D eigenvalue weighted by atomic mass is 10.0. The topological polar surface area (TPSA) is 26.3 Å². The van der Waals surface area contributed by atoms with Crippen molar-refractivity contribution in [3.63, 3.8) is 0 Å². The number of rotatable bonds is 5. The molecular weight excluding hydrogens is 268 g/mol. The maximum Gasteiger partial charge on any atom is 0.166 e. The fourth-order valence-corrected chi connectivity index (χ4v) is 2.36. The van der Waals surface area contributed by atoms with Crippen LogP contribution in [0.4, 0.5) is 0 Å². The molecule has 0 radical (unpaired) electrons. The number of ether oxygens (including phenoxy) is 1. The van der Waals surface area contributed by atoms with Crippen molar-refractivity contribution in [1.29, 1.82) is 0 Å². The predicted molar refractivity (Wildman–Crippen MR) is 68.5 cm³/mol. The highest BCUT2D eigenvalue weighted by Crippen LogP contribution is 2.28. The third-order valence-corrected chi connectivity index (χ3v) is 3.15. The second-order valence-electron chi connectivity index (χ2n) is 3.86. The summed E-state index contributed by atoms with van der Waals surface area (Å²) in [4.78, 5) is 11.9. The van der Waals surface area contributed by atoms with E-state index in [0.29, 0.717) is 6.42 Å². The second-order valence-corrected chi connectivity index (χ2v) is 4.71. The maximum absolute atomic E-state index is 11.9. The molecular formula is C13H17BrO2. The number of halogens is 1. The van der Waals surface area contributed by atoms with Gasteiger partial charge in [0.1, 0.15) is 6.10 Å². The summed E-state index contributed by atoms with van der Waals surface area (Å²) in [6.07, 6.45) is 0.955. The summed E-state index contributed by atoms with van der Waals surface area (Å²) in [5.41, 5.74) is 2.07. The Kier molecular flexibility index (Phi) is 5.16. The normalized spacial score (nSPS) is 12.5. The summed E-state index contributed by atoms with van der Waals surface area (Å²) >= 11 is 3.48. The third-order valence-electron chi connectivity index (χ3n) is 2.46. The number of Topliss-reactive ketones (excluding diaryl/α,β-unsaturated/α-hetero) is 1. The minimum Gasteiger partial charge on any atom is -0.369 e. The maximum atomic E-state index is 11.9. The molecule has 0 aliphatic heterocycles. The number of benzene rings is 1. The Bertz CT molecular complexity index is 374. The van der Waals surface area contributed by atoms with Crippen LogP contribution in [0.3, 0.4) is 0 Å². The van der Waals surface area contributed by atoms with E-state index in [1.54, 1.807) is 7.11 Å². The molecule has 1 rings (SSSR count). The molecule has 1 atom stereocenters. The standard InChI is InChI=1S/C13H17BrO2/c1-4-5-12(15)13(16-3)10-7-6-9(2)8-11(10)14/h6-8,13H,4-5H2,1-3H3. The highest BCUT2D eigenvalue weighted by molar-refractivity contribution is 9.10. The van der Waals surface area contributed by atoms with Crippen LogP contribution in [0.5, 0.6) is 0 Å². The molecule has 0 aromatic heterocycles. The van der Waals surface area contributed by atoms with E-state index in [-0.39, 0.29) is 5.78 Å². The zero-order valence-corrected chi connectivity index (χ0v) is 11.5. The minimum atomic E-state index is -0.449. The van der Waals surface area contributed by atoms with Crippen LogP contribution < -0.4 is 0 Å². The first kappa shape index (κ1) is 13.4. The molecule has 88 valence electrons. The van der Waals surface area contributed by atoms with Crippen LogP contribution in [-0.4, -0.2) is 12.9 Å². The Labute approximate surface area is 105 Å². The number of hydrogen-bond donors (Lipinski definition) is 0. The van der Waals surface area contributed by atoms with Crippen LogP contribution in [0.1, 0.15) is 37.0 Å². The van der Waals surface area contributed by atoms with Crippen LogP contribution in [0.15, 0.2) is 22.7 Å². The molecule has 1 aromatic carbocycles. The van der Waals surface area contributed by atoms with E-state index in [0.717, 1.165) is 22.0 Å². The molecule has 2 nitrogen and oxygen atoms in total. The molecule has 0 saturated heterocycles. The van der Waals surface area contributed by atoms with Crippen LogP contribution in [0, 0.1) is 6.92 Å². The van der Waals surface area contributed by atoms with Gasteiger partial charge in [-0.25, -0.2) is 0 Å². The molecule has 0 bridgehead atoms. The van der Waals surface area contributed by atoms with Crippen molar-refractivity contribution in [3.05, 3.63) is 33.8 Å². The van der Waals surface area contributed by atoms with Crippen molar-refractivity contribution in [3.8, 4) is 0 Å². The van der Waals surface area contributed by atoms with Gasteiger partial charge in [-0.2, -0.15) is 0 Å². The average molecular weight is 285 g/mol. The molecule has 0 heterocycles. The van der Waals surface area contributed by atoms with Gasteiger partial charge in [0.2, 0.25) is 0 Å². The number of carbonyl (C=O) groups is 1. The van der Waals surface area contributed by atoms with Gasteiger partial charge in [-0.1, -0.05) is 35.0 Å². The highest BCUT2D eigenvalue weighted by atomic mass is 79.9. The Hall–Kier alpha value is -0.670. The quantitative estimate of drug-likeness (QED) is 0.822. The van der Waals surface area contributed by atoms with Gasteiger partial charge in [-0.05, 0) is 25.0 Å². The van der Waals surface area contributed by atoms with Gasteiger partial charge < -0.3 is 4.74 Å². The molecule has 0 spiro atoms. The Morgan fingerprint density at radius 3 is 2.69 bits per heavy atom. The van der Waals surface area contributed by atoms with E-state index in [1.807, 2.05) is 32.0 Å². The predicted octanol–water partition coefficient (Wildman–Crippen LogP) is 3.81. The summed E-state index contributed by atoms with van der Waals surface area (Å²) in [5, 5.41) is 0. The molecule has 0 N–H and O–H groups in total. The number of carbonyl (C=O) groups excluding carboxylic acids is 1. The fourth-order valence-electron chi connectivity index (χ4n) is 1.65. The smallest absolute Gasteiger partial charge is 0.166 e. The fraction of sp³-hybridized carbons (Fsp3) is 0.462. The second kappa shape index (κ2) is 6.16. The number of aryl methyl sites for hydroxylation is 1. The zero-order chi connectivity index (χ0) is 12.1. The SMILES string of the molecule is CCCC(=O)C(OC)c1ccc(C)cc1Br. The summed E-state index contributed by atoms with van der Waals surface area (Å²) in [6.45, 7) is 4.01. The van der Waals surface area contributed by atoms with E-state index in [2.05, 4.69) is 15.9 Å². The van der Waals surface area contributed by atoms with Gasteiger partial charge >= 0.3 is 0 Å². The molecule has 16 heavy (non-hydrogen) atoms. The van der Waals surface area contributed by atoms with Crippen LogP contribution >= 0.6 is 15.9 Å². The van der Waals surface area contributed by atoms with E-state index < -0.39 is 6.10 Å². The lowest BCUT2D eigenvalue weighted by Crippen LogP contribution is -2.14. The van der Waals surface area contributed by atoms with E-state index in [1.165, 1.54) is 0 Å². The largest absolute Gasteiger partial charge is 0.369 e. The summed E-state index contributed by atoms with van der Waals surface area (Å²) < 4.78 is 6.23. The van der Waals surface area contributed by atoms with Crippen molar-refractivity contribution in [1.82, 2.24) is 0 Å². The summed E-state index contributed by atoms with van der Waals surface area (Å²) in [7, 11) is 1.57. The Balaban J connectivity index is 2.99. The van der Waals surface area contributed by atoms with Crippen molar-refractivity contribution in [2.45, 2.75) is 32.8 Å².